The van der Waals surface area contributed by atoms with E-state index in [1.807, 2.05) is 0 Å². The number of nitrogen functional groups attached to an aromatic ring is 1. The Morgan fingerprint density at radius 1 is 1.47 bits per heavy atom. The zero-order valence-corrected chi connectivity index (χ0v) is 11.5. The molecule has 1 saturated carbocycles. The minimum absolute atomic E-state index is 0.0160. The number of esters is 1. The molecule has 3 N–H and O–H groups in total. The molecule has 1 aromatic heterocycles. The lowest BCUT2D eigenvalue weighted by atomic mass is 10.2. The van der Waals surface area contributed by atoms with Gasteiger partial charge in [0, 0.05) is 6.04 Å². The van der Waals surface area contributed by atoms with E-state index in [9.17, 15) is 4.79 Å². The number of carbonyl (C=O) groups excluding carboxylic acids is 1. The van der Waals surface area contributed by atoms with E-state index in [2.05, 4.69) is 15.3 Å². The molecule has 0 unspecified atom stereocenters. The molecular weight excluding hydrogens is 268 g/mol. The largest absolute Gasteiger partial charge is 0.461 e. The van der Waals surface area contributed by atoms with Gasteiger partial charge in [-0.1, -0.05) is 12.8 Å². The number of anilines is 2. The predicted octanol–water partition coefficient (Wildman–Crippen LogP) is 2.24. The second kappa shape index (κ2) is 6.06. The van der Waals surface area contributed by atoms with E-state index in [1.54, 1.807) is 6.92 Å². The van der Waals surface area contributed by atoms with E-state index in [-0.39, 0.29) is 23.3 Å². The molecule has 6 nitrogen and oxygen atoms in total. The molecule has 19 heavy (non-hydrogen) atoms. The van der Waals surface area contributed by atoms with Crippen LogP contribution in [0, 0.1) is 0 Å². The summed E-state index contributed by atoms with van der Waals surface area (Å²) < 4.78 is 4.89. The Balaban J connectivity index is 2.25. The van der Waals surface area contributed by atoms with E-state index in [4.69, 9.17) is 22.1 Å². The lowest BCUT2D eigenvalue weighted by molar-refractivity contribution is 0.0520. The molecule has 0 saturated heterocycles. The summed E-state index contributed by atoms with van der Waals surface area (Å²) in [4.78, 5) is 19.6. The summed E-state index contributed by atoms with van der Waals surface area (Å²) in [7, 11) is 0. The first-order valence-corrected chi connectivity index (χ1v) is 6.76. The molecule has 1 fully saturated rings. The summed E-state index contributed by atoms with van der Waals surface area (Å²) in [5.41, 5.74) is 6.12. The third-order valence-corrected chi connectivity index (χ3v) is 3.25. The van der Waals surface area contributed by atoms with E-state index >= 15 is 0 Å². The molecule has 0 bridgehead atoms. The predicted molar refractivity (Wildman–Crippen MR) is 73.3 cm³/mol. The van der Waals surface area contributed by atoms with Gasteiger partial charge in [-0.2, -0.15) is 4.98 Å². The van der Waals surface area contributed by atoms with Crippen LogP contribution in [0.25, 0.3) is 0 Å². The highest BCUT2D eigenvalue weighted by molar-refractivity contribution is 6.28. The summed E-state index contributed by atoms with van der Waals surface area (Å²) >= 11 is 5.83. The van der Waals surface area contributed by atoms with Gasteiger partial charge in [-0.15, -0.1) is 0 Å². The Kier molecular flexibility index (Phi) is 4.42. The van der Waals surface area contributed by atoms with Gasteiger partial charge >= 0.3 is 5.97 Å². The summed E-state index contributed by atoms with van der Waals surface area (Å²) in [5, 5.41) is 3.20. The van der Waals surface area contributed by atoms with Gasteiger partial charge < -0.3 is 15.8 Å². The monoisotopic (exact) mass is 284 g/mol. The van der Waals surface area contributed by atoms with Gasteiger partial charge in [0.1, 0.15) is 5.69 Å². The number of ether oxygens (including phenoxy) is 1. The van der Waals surface area contributed by atoms with Crippen molar-refractivity contribution in [3.63, 3.8) is 0 Å². The molecule has 7 heteroatoms. The fourth-order valence-electron chi connectivity index (χ4n) is 2.17. The van der Waals surface area contributed by atoms with Crippen molar-refractivity contribution in [3.05, 3.63) is 11.0 Å². The number of rotatable bonds is 4. The zero-order valence-electron chi connectivity index (χ0n) is 10.8. The molecule has 0 amide bonds. The zero-order chi connectivity index (χ0) is 13.8. The van der Waals surface area contributed by atoms with Gasteiger partial charge in [0.2, 0.25) is 5.28 Å². The number of nitrogens with two attached hydrogens (primary N) is 1. The maximum Gasteiger partial charge on any atom is 0.359 e. The summed E-state index contributed by atoms with van der Waals surface area (Å²) in [5.74, 6) is -0.172. The molecule has 104 valence electrons. The molecular formula is C12H17ClN4O2. The summed E-state index contributed by atoms with van der Waals surface area (Å²) in [6.07, 6.45) is 4.49. The lowest BCUT2D eigenvalue weighted by Crippen LogP contribution is -2.20. The van der Waals surface area contributed by atoms with Crippen LogP contribution in [0.2, 0.25) is 5.28 Å². The highest BCUT2D eigenvalue weighted by Crippen LogP contribution is 2.27. The SMILES string of the molecule is CCOC(=O)c1nc(Cl)nc(NC2CCCC2)c1N. The lowest BCUT2D eigenvalue weighted by Gasteiger charge is -2.15. The standard InChI is InChI=1S/C12H17ClN4O2/c1-2-19-11(18)9-8(14)10(17-12(13)16-9)15-7-5-3-4-6-7/h7H,2-6,14H2,1H3,(H,15,16,17). The quantitative estimate of drug-likeness (QED) is 0.651. The summed E-state index contributed by atoms with van der Waals surface area (Å²) in [6, 6.07) is 0.323. The van der Waals surface area contributed by atoms with Crippen molar-refractivity contribution >= 4 is 29.1 Å². The third kappa shape index (κ3) is 3.26. The normalized spacial score (nSPS) is 15.5. The third-order valence-electron chi connectivity index (χ3n) is 3.08. The van der Waals surface area contributed by atoms with Crippen LogP contribution in [0.5, 0.6) is 0 Å². The first-order valence-electron chi connectivity index (χ1n) is 6.38. The van der Waals surface area contributed by atoms with E-state index in [0.717, 1.165) is 12.8 Å². The number of hydrogen-bond acceptors (Lipinski definition) is 6. The van der Waals surface area contributed by atoms with Gasteiger partial charge in [-0.05, 0) is 31.4 Å². The summed E-state index contributed by atoms with van der Waals surface area (Å²) in [6.45, 7) is 1.97. The topological polar surface area (TPSA) is 90.1 Å². The molecule has 0 atom stereocenters. The molecule has 2 rings (SSSR count). The first-order chi connectivity index (χ1) is 9.11. The number of hydrogen-bond donors (Lipinski definition) is 2. The smallest absolute Gasteiger partial charge is 0.359 e. The maximum atomic E-state index is 11.7. The Morgan fingerprint density at radius 3 is 2.79 bits per heavy atom. The van der Waals surface area contributed by atoms with E-state index in [1.165, 1.54) is 12.8 Å². The molecule has 1 heterocycles. The van der Waals surface area contributed by atoms with E-state index < -0.39 is 5.97 Å². The number of nitrogens with zero attached hydrogens (tertiary/aromatic N) is 2. The maximum absolute atomic E-state index is 11.7. The van der Waals surface area contributed by atoms with Crippen molar-refractivity contribution in [1.82, 2.24) is 9.97 Å². The first kappa shape index (κ1) is 13.9. The van der Waals surface area contributed by atoms with Crippen molar-refractivity contribution in [3.8, 4) is 0 Å². The average Bonchev–Trinajstić information content (AvgIpc) is 2.86. The molecule has 0 spiro atoms. The Morgan fingerprint density at radius 2 is 2.16 bits per heavy atom. The van der Waals surface area contributed by atoms with Gasteiger partial charge in [0.25, 0.3) is 0 Å². The Hall–Kier alpha value is -1.56. The second-order valence-corrected chi connectivity index (χ2v) is 4.79. The average molecular weight is 285 g/mol. The minimum atomic E-state index is -0.584. The van der Waals surface area contributed by atoms with Crippen LogP contribution in [0.15, 0.2) is 0 Å². The fraction of sp³-hybridized carbons (Fsp3) is 0.583. The van der Waals surface area contributed by atoms with Crippen LogP contribution in [-0.2, 0) is 4.74 Å². The van der Waals surface area contributed by atoms with Crippen LogP contribution in [0.4, 0.5) is 11.5 Å². The second-order valence-electron chi connectivity index (χ2n) is 4.45. The van der Waals surface area contributed by atoms with Gasteiger partial charge in [-0.3, -0.25) is 0 Å². The van der Waals surface area contributed by atoms with Gasteiger partial charge in [-0.25, -0.2) is 9.78 Å². The van der Waals surface area contributed by atoms with Crippen LogP contribution in [-0.4, -0.2) is 28.6 Å². The highest BCUT2D eigenvalue weighted by Gasteiger charge is 2.22. The number of nitrogens with one attached hydrogen (secondary N) is 1. The van der Waals surface area contributed by atoms with E-state index in [0.29, 0.717) is 11.9 Å². The molecule has 1 aliphatic rings. The van der Waals surface area contributed by atoms with Crippen molar-refractivity contribution in [2.24, 2.45) is 0 Å². The number of halogens is 1. The van der Waals surface area contributed by atoms with Gasteiger partial charge in [0.15, 0.2) is 11.5 Å². The molecule has 0 aromatic carbocycles. The van der Waals surface area contributed by atoms with Crippen molar-refractivity contribution in [1.29, 1.82) is 0 Å². The Labute approximate surface area is 116 Å². The Bertz CT molecular complexity index is 475. The van der Waals surface area contributed by atoms with Crippen molar-refractivity contribution < 1.29 is 9.53 Å². The van der Waals surface area contributed by atoms with Crippen LogP contribution in [0.1, 0.15) is 43.1 Å². The van der Waals surface area contributed by atoms with Crippen LogP contribution in [0.3, 0.4) is 0 Å². The number of carbonyl (C=O) groups is 1. The number of aromatic nitrogens is 2. The van der Waals surface area contributed by atoms with Gasteiger partial charge in [0.05, 0.1) is 6.61 Å². The minimum Gasteiger partial charge on any atom is -0.461 e. The molecule has 0 radical (unpaired) electrons. The van der Waals surface area contributed by atoms with Crippen molar-refractivity contribution in [2.75, 3.05) is 17.7 Å². The van der Waals surface area contributed by atoms with Crippen LogP contribution < -0.4 is 11.1 Å². The highest BCUT2D eigenvalue weighted by atomic mass is 35.5. The molecule has 1 aromatic rings. The molecule has 0 aliphatic heterocycles. The van der Waals surface area contributed by atoms with Crippen LogP contribution >= 0.6 is 11.6 Å². The fourth-order valence-corrected chi connectivity index (χ4v) is 2.34. The molecule has 1 aliphatic carbocycles. The van der Waals surface area contributed by atoms with Crippen molar-refractivity contribution in [2.45, 2.75) is 38.6 Å².